The Bertz CT molecular complexity index is 472. The monoisotopic (exact) mass is 216 g/mol. The first-order valence-corrected chi connectivity index (χ1v) is 4.90. The van der Waals surface area contributed by atoms with Crippen LogP contribution in [0.4, 0.5) is 5.69 Å². The molecule has 2 rings (SSSR count). The quantitative estimate of drug-likeness (QED) is 0.687. The normalized spacial score (nSPS) is 10.0. The molecule has 1 aromatic heterocycles. The third kappa shape index (κ3) is 2.42. The van der Waals surface area contributed by atoms with E-state index < -0.39 is 0 Å². The number of anilines is 1. The maximum absolute atomic E-state index is 9.55. The smallest absolute Gasteiger partial charge is 0.120 e. The second-order valence-electron chi connectivity index (χ2n) is 3.41. The number of hydrogen-bond acceptors (Lipinski definition) is 4. The second kappa shape index (κ2) is 4.53. The molecular weight excluding hydrogens is 204 g/mol. The van der Waals surface area contributed by atoms with Gasteiger partial charge in [0, 0.05) is 24.5 Å². The molecule has 0 aliphatic heterocycles. The zero-order valence-corrected chi connectivity index (χ0v) is 8.59. The topological polar surface area (TPSA) is 65.4 Å². The number of hydrogen-bond donors (Lipinski definition) is 3. The van der Waals surface area contributed by atoms with Crippen LogP contribution < -0.4 is 5.32 Å². The molecule has 16 heavy (non-hydrogen) atoms. The average molecular weight is 216 g/mol. The second-order valence-corrected chi connectivity index (χ2v) is 3.41. The van der Waals surface area contributed by atoms with Crippen molar-refractivity contribution in [2.24, 2.45) is 0 Å². The van der Waals surface area contributed by atoms with Crippen LogP contribution in [0.1, 0.15) is 5.56 Å². The highest BCUT2D eigenvalue weighted by molar-refractivity contribution is 5.44. The number of rotatable bonds is 3. The van der Waals surface area contributed by atoms with Gasteiger partial charge < -0.3 is 15.5 Å². The molecule has 0 fully saturated rings. The minimum Gasteiger partial charge on any atom is -0.508 e. The van der Waals surface area contributed by atoms with E-state index in [4.69, 9.17) is 0 Å². The molecule has 0 spiro atoms. The average Bonchev–Trinajstić information content (AvgIpc) is 2.32. The Labute approximate surface area is 93.2 Å². The molecule has 2 aromatic rings. The van der Waals surface area contributed by atoms with Gasteiger partial charge in [-0.2, -0.15) is 0 Å². The molecule has 0 aliphatic rings. The molecule has 0 bridgehead atoms. The van der Waals surface area contributed by atoms with Gasteiger partial charge in [-0.25, -0.2) is 0 Å². The van der Waals surface area contributed by atoms with E-state index in [2.05, 4.69) is 10.3 Å². The summed E-state index contributed by atoms with van der Waals surface area (Å²) in [6.07, 6.45) is 3.39. The number of nitrogens with zero attached hydrogens (tertiary/aromatic N) is 1. The molecule has 4 nitrogen and oxygen atoms in total. The summed E-state index contributed by atoms with van der Waals surface area (Å²) < 4.78 is 0. The molecule has 0 saturated carbocycles. The molecule has 0 amide bonds. The van der Waals surface area contributed by atoms with Crippen molar-refractivity contribution in [2.45, 2.75) is 6.54 Å². The van der Waals surface area contributed by atoms with E-state index in [-0.39, 0.29) is 11.5 Å². The van der Waals surface area contributed by atoms with Crippen molar-refractivity contribution in [3.05, 3.63) is 48.3 Å². The minimum absolute atomic E-state index is 0.140. The van der Waals surface area contributed by atoms with Crippen molar-refractivity contribution in [3.8, 4) is 11.5 Å². The van der Waals surface area contributed by atoms with Gasteiger partial charge in [0.05, 0.1) is 5.69 Å². The first-order valence-electron chi connectivity index (χ1n) is 4.90. The van der Waals surface area contributed by atoms with Gasteiger partial charge in [0.2, 0.25) is 0 Å². The van der Waals surface area contributed by atoms with Gasteiger partial charge in [-0.3, -0.25) is 4.98 Å². The van der Waals surface area contributed by atoms with Crippen molar-refractivity contribution in [2.75, 3.05) is 5.32 Å². The van der Waals surface area contributed by atoms with Crippen molar-refractivity contribution in [1.29, 1.82) is 0 Å². The van der Waals surface area contributed by atoms with E-state index in [1.807, 2.05) is 12.1 Å². The van der Waals surface area contributed by atoms with Crippen LogP contribution >= 0.6 is 0 Å². The zero-order valence-electron chi connectivity index (χ0n) is 8.59. The summed E-state index contributed by atoms with van der Waals surface area (Å²) in [6, 6.07) is 8.15. The van der Waals surface area contributed by atoms with E-state index in [1.165, 1.54) is 18.2 Å². The van der Waals surface area contributed by atoms with Gasteiger partial charge in [-0.05, 0) is 30.3 Å². The van der Waals surface area contributed by atoms with Gasteiger partial charge in [-0.1, -0.05) is 0 Å². The van der Waals surface area contributed by atoms with Crippen LogP contribution in [-0.2, 0) is 6.54 Å². The number of phenolic OH excluding ortho intramolecular Hbond substituents is 2. The fraction of sp³-hybridized carbons (Fsp3) is 0.0833. The van der Waals surface area contributed by atoms with Gasteiger partial charge in [0.1, 0.15) is 11.5 Å². The third-order valence-corrected chi connectivity index (χ3v) is 2.21. The fourth-order valence-electron chi connectivity index (χ4n) is 1.38. The van der Waals surface area contributed by atoms with E-state index >= 15 is 0 Å². The summed E-state index contributed by atoms with van der Waals surface area (Å²) in [5, 5.41) is 21.9. The van der Waals surface area contributed by atoms with Gasteiger partial charge in [0.15, 0.2) is 0 Å². The van der Waals surface area contributed by atoms with Crippen molar-refractivity contribution in [1.82, 2.24) is 4.98 Å². The van der Waals surface area contributed by atoms with E-state index in [9.17, 15) is 10.2 Å². The molecule has 1 aromatic carbocycles. The highest BCUT2D eigenvalue weighted by Gasteiger charge is 2.02. The van der Waals surface area contributed by atoms with Crippen LogP contribution in [0.2, 0.25) is 0 Å². The van der Waals surface area contributed by atoms with Gasteiger partial charge in [0.25, 0.3) is 0 Å². The fourth-order valence-corrected chi connectivity index (χ4v) is 1.38. The van der Waals surface area contributed by atoms with Crippen LogP contribution in [0.25, 0.3) is 0 Å². The van der Waals surface area contributed by atoms with E-state index in [0.29, 0.717) is 12.1 Å². The Morgan fingerprint density at radius 2 is 2.06 bits per heavy atom. The molecule has 4 heteroatoms. The number of phenols is 2. The van der Waals surface area contributed by atoms with Gasteiger partial charge >= 0.3 is 0 Å². The minimum atomic E-state index is 0.140. The molecule has 0 aliphatic carbocycles. The van der Waals surface area contributed by atoms with Crippen LogP contribution in [-0.4, -0.2) is 15.2 Å². The lowest BCUT2D eigenvalue weighted by Gasteiger charge is -2.07. The zero-order chi connectivity index (χ0) is 11.4. The molecule has 3 N–H and O–H groups in total. The molecule has 82 valence electrons. The number of benzene rings is 1. The summed E-state index contributed by atoms with van der Waals surface area (Å²) in [5.41, 5.74) is 1.51. The van der Waals surface area contributed by atoms with Crippen LogP contribution in [0.15, 0.2) is 42.7 Å². The number of aromatic hydroxyl groups is 2. The highest BCUT2D eigenvalue weighted by atomic mass is 16.3. The number of aromatic nitrogens is 1. The maximum atomic E-state index is 9.55. The lowest BCUT2D eigenvalue weighted by Crippen LogP contribution is -1.99. The first kappa shape index (κ1) is 10.3. The molecule has 0 atom stereocenters. The molecular formula is C12H12N2O2. The molecule has 0 saturated heterocycles. The van der Waals surface area contributed by atoms with Crippen molar-refractivity contribution in [3.63, 3.8) is 0 Å². The SMILES string of the molecule is Oc1ccc(O)c(CNc2cccnc2)c1. The summed E-state index contributed by atoms with van der Waals surface area (Å²) in [7, 11) is 0. The lowest BCUT2D eigenvalue weighted by molar-refractivity contribution is 0.455. The Morgan fingerprint density at radius 1 is 1.19 bits per heavy atom. The number of pyridine rings is 1. The largest absolute Gasteiger partial charge is 0.508 e. The Balaban J connectivity index is 2.08. The van der Waals surface area contributed by atoms with E-state index in [1.54, 1.807) is 12.4 Å². The summed E-state index contributed by atoms with van der Waals surface area (Å²) in [4.78, 5) is 3.96. The van der Waals surface area contributed by atoms with E-state index in [0.717, 1.165) is 5.69 Å². The Morgan fingerprint density at radius 3 is 2.81 bits per heavy atom. The van der Waals surface area contributed by atoms with Crippen LogP contribution in [0.3, 0.4) is 0 Å². The highest BCUT2D eigenvalue weighted by Crippen LogP contribution is 2.22. The standard InChI is InChI=1S/C12H12N2O2/c15-11-3-4-12(16)9(6-11)7-14-10-2-1-5-13-8-10/h1-6,8,14-16H,7H2. The molecule has 0 radical (unpaired) electrons. The van der Waals surface area contributed by atoms with Crippen LogP contribution in [0, 0.1) is 0 Å². The van der Waals surface area contributed by atoms with Crippen LogP contribution in [0.5, 0.6) is 11.5 Å². The predicted molar refractivity (Wildman–Crippen MR) is 61.3 cm³/mol. The molecule has 1 heterocycles. The first-order chi connectivity index (χ1) is 7.75. The maximum Gasteiger partial charge on any atom is 0.120 e. The molecule has 0 unspecified atom stereocenters. The lowest BCUT2D eigenvalue weighted by atomic mass is 10.2. The van der Waals surface area contributed by atoms with Crippen molar-refractivity contribution >= 4 is 5.69 Å². The Hall–Kier alpha value is -2.23. The predicted octanol–water partition coefficient (Wildman–Crippen LogP) is 2.10. The van der Waals surface area contributed by atoms with Crippen molar-refractivity contribution < 1.29 is 10.2 Å². The summed E-state index contributed by atoms with van der Waals surface area (Å²) in [6.45, 7) is 0.436. The number of nitrogens with one attached hydrogen (secondary N) is 1. The summed E-state index contributed by atoms with van der Waals surface area (Å²) >= 11 is 0. The Kier molecular flexibility index (Phi) is 2.91. The summed E-state index contributed by atoms with van der Waals surface area (Å²) in [5.74, 6) is 0.301. The third-order valence-electron chi connectivity index (χ3n) is 2.21. The van der Waals surface area contributed by atoms with Gasteiger partial charge in [-0.15, -0.1) is 0 Å².